The maximum absolute atomic E-state index is 12.5. The van der Waals surface area contributed by atoms with E-state index in [1.54, 1.807) is 25.2 Å². The maximum Gasteiger partial charge on any atom is 0.419 e. The number of fused-ring (bicyclic) bond motifs is 1. The molecule has 0 bridgehead atoms. The van der Waals surface area contributed by atoms with Gasteiger partial charge in [-0.05, 0) is 41.6 Å². The predicted molar refractivity (Wildman–Crippen MR) is 78.6 cm³/mol. The van der Waals surface area contributed by atoms with Crippen LogP contribution in [-0.4, -0.2) is 10.4 Å². The second-order valence-corrected chi connectivity index (χ2v) is 5.48. The van der Waals surface area contributed by atoms with Gasteiger partial charge in [-0.3, -0.25) is 9.36 Å². The van der Waals surface area contributed by atoms with E-state index in [1.165, 1.54) is 15.9 Å². The molecule has 3 rings (SSSR count). The third kappa shape index (κ3) is 1.91. The number of aromatic nitrogens is 1. The number of carbonyl (C=O) groups is 1. The van der Waals surface area contributed by atoms with Gasteiger partial charge in [-0.1, -0.05) is 6.92 Å². The summed E-state index contributed by atoms with van der Waals surface area (Å²) < 4.78 is 6.54. The van der Waals surface area contributed by atoms with Gasteiger partial charge in [0.05, 0.1) is 10.4 Å². The van der Waals surface area contributed by atoms with Gasteiger partial charge in [0.2, 0.25) is 5.78 Å². The molecule has 1 aromatic carbocycles. The highest BCUT2D eigenvalue weighted by molar-refractivity contribution is 7.12. The maximum atomic E-state index is 12.5. The first-order valence-electron chi connectivity index (χ1n) is 6.32. The van der Waals surface area contributed by atoms with Gasteiger partial charge in [-0.2, -0.15) is 0 Å². The summed E-state index contributed by atoms with van der Waals surface area (Å²) in [6.07, 6.45) is 0.827. The third-order valence-electron chi connectivity index (χ3n) is 3.39. The molecule has 0 saturated carbocycles. The Morgan fingerprint density at radius 1 is 1.35 bits per heavy atom. The Kier molecular flexibility index (Phi) is 3.06. The number of ketones is 1. The van der Waals surface area contributed by atoms with Gasteiger partial charge in [0, 0.05) is 12.6 Å². The Morgan fingerprint density at radius 3 is 2.90 bits per heavy atom. The fourth-order valence-electron chi connectivity index (χ4n) is 2.22. The average molecular weight is 287 g/mol. The number of rotatable bonds is 3. The van der Waals surface area contributed by atoms with Gasteiger partial charge in [0.15, 0.2) is 5.58 Å². The van der Waals surface area contributed by atoms with Crippen LogP contribution in [0.5, 0.6) is 0 Å². The van der Waals surface area contributed by atoms with Crippen molar-refractivity contribution in [3.63, 3.8) is 0 Å². The molecule has 0 saturated heterocycles. The molecular formula is C15H13NO3S. The highest BCUT2D eigenvalue weighted by Crippen LogP contribution is 2.23. The first kappa shape index (κ1) is 12.9. The van der Waals surface area contributed by atoms with Crippen LogP contribution >= 0.6 is 11.3 Å². The summed E-state index contributed by atoms with van der Waals surface area (Å²) in [6.45, 7) is 2.03. The van der Waals surface area contributed by atoms with Gasteiger partial charge in [-0.25, -0.2) is 4.79 Å². The lowest BCUT2D eigenvalue weighted by Gasteiger charge is -2.01. The fourth-order valence-corrected chi connectivity index (χ4v) is 3.18. The lowest BCUT2D eigenvalue weighted by Crippen LogP contribution is -2.08. The molecular weight excluding hydrogens is 274 g/mol. The van der Waals surface area contributed by atoms with Crippen molar-refractivity contribution in [2.45, 2.75) is 13.3 Å². The lowest BCUT2D eigenvalue weighted by molar-refractivity contribution is 0.104. The van der Waals surface area contributed by atoms with Crippen molar-refractivity contribution in [2.75, 3.05) is 0 Å². The zero-order valence-electron chi connectivity index (χ0n) is 11.2. The molecule has 0 aliphatic carbocycles. The standard InChI is InChI=1S/C15H13NO3S/c1-3-9-6-7-20-14(9)13(17)10-4-5-11-12(8-10)19-15(18)16(11)2/h4-8H,3H2,1-2H3. The van der Waals surface area contributed by atoms with Crippen LogP contribution in [0.1, 0.15) is 27.7 Å². The van der Waals surface area contributed by atoms with Crippen LogP contribution < -0.4 is 5.76 Å². The molecule has 2 aromatic heterocycles. The molecule has 0 atom stereocenters. The number of hydrogen-bond donors (Lipinski definition) is 0. The van der Waals surface area contributed by atoms with E-state index in [0.717, 1.165) is 16.9 Å². The molecule has 0 unspecified atom stereocenters. The molecule has 2 heterocycles. The lowest BCUT2D eigenvalue weighted by atomic mass is 10.1. The predicted octanol–water partition coefficient (Wildman–Crippen LogP) is 2.99. The number of thiophene rings is 1. The van der Waals surface area contributed by atoms with Gasteiger partial charge < -0.3 is 4.42 Å². The monoisotopic (exact) mass is 287 g/mol. The molecule has 0 aliphatic heterocycles. The molecule has 0 aliphatic rings. The van der Waals surface area contributed by atoms with Crippen molar-refractivity contribution in [3.8, 4) is 0 Å². The largest absolute Gasteiger partial charge is 0.419 e. The second kappa shape index (κ2) is 4.76. The van der Waals surface area contributed by atoms with E-state index in [4.69, 9.17) is 4.42 Å². The fraction of sp³-hybridized carbons (Fsp3) is 0.200. The minimum absolute atomic E-state index is 0.0229. The normalized spacial score (nSPS) is 11.1. The van der Waals surface area contributed by atoms with Gasteiger partial charge in [-0.15, -0.1) is 11.3 Å². The van der Waals surface area contributed by atoms with Crippen molar-refractivity contribution < 1.29 is 9.21 Å². The quantitative estimate of drug-likeness (QED) is 0.696. The van der Waals surface area contributed by atoms with E-state index < -0.39 is 5.76 Å². The van der Waals surface area contributed by atoms with E-state index in [2.05, 4.69) is 0 Å². The number of nitrogens with zero attached hydrogens (tertiary/aromatic N) is 1. The van der Waals surface area contributed by atoms with Crippen LogP contribution in [0.3, 0.4) is 0 Å². The zero-order valence-corrected chi connectivity index (χ0v) is 12.0. The summed E-state index contributed by atoms with van der Waals surface area (Å²) >= 11 is 1.44. The minimum Gasteiger partial charge on any atom is -0.408 e. The van der Waals surface area contributed by atoms with Crippen molar-refractivity contribution in [2.24, 2.45) is 7.05 Å². The van der Waals surface area contributed by atoms with E-state index in [9.17, 15) is 9.59 Å². The molecule has 0 N–H and O–H groups in total. The van der Waals surface area contributed by atoms with Crippen LogP contribution in [-0.2, 0) is 13.5 Å². The molecule has 0 spiro atoms. The van der Waals surface area contributed by atoms with Crippen LogP contribution in [0.2, 0.25) is 0 Å². The average Bonchev–Trinajstić information content (AvgIpc) is 3.03. The first-order chi connectivity index (χ1) is 9.61. The number of oxazole rings is 1. The van der Waals surface area contributed by atoms with Crippen LogP contribution in [0.4, 0.5) is 0 Å². The summed E-state index contributed by atoms with van der Waals surface area (Å²) in [4.78, 5) is 24.7. The summed E-state index contributed by atoms with van der Waals surface area (Å²) in [5, 5.41) is 1.92. The minimum atomic E-state index is -0.421. The molecule has 0 fully saturated rings. The van der Waals surface area contributed by atoms with Crippen molar-refractivity contribution in [1.29, 1.82) is 0 Å². The highest BCUT2D eigenvalue weighted by atomic mass is 32.1. The first-order valence-corrected chi connectivity index (χ1v) is 7.20. The summed E-state index contributed by atoms with van der Waals surface area (Å²) in [6, 6.07) is 7.09. The summed E-state index contributed by atoms with van der Waals surface area (Å²) in [5.74, 6) is -0.444. The topological polar surface area (TPSA) is 52.2 Å². The van der Waals surface area contributed by atoms with E-state index in [-0.39, 0.29) is 5.78 Å². The van der Waals surface area contributed by atoms with Crippen molar-refractivity contribution in [1.82, 2.24) is 4.57 Å². The van der Waals surface area contributed by atoms with Crippen LogP contribution in [0.25, 0.3) is 11.1 Å². The van der Waals surface area contributed by atoms with Gasteiger partial charge >= 0.3 is 5.76 Å². The summed E-state index contributed by atoms with van der Waals surface area (Å²) in [7, 11) is 1.64. The van der Waals surface area contributed by atoms with E-state index in [0.29, 0.717) is 16.7 Å². The number of aryl methyl sites for hydroxylation is 2. The number of benzene rings is 1. The Balaban J connectivity index is 2.10. The van der Waals surface area contributed by atoms with Crippen molar-refractivity contribution >= 4 is 28.2 Å². The molecule has 0 radical (unpaired) electrons. The SMILES string of the molecule is CCc1ccsc1C(=O)c1ccc2c(c1)oc(=O)n2C. The Bertz CT molecular complexity index is 854. The van der Waals surface area contributed by atoms with E-state index >= 15 is 0 Å². The third-order valence-corrected chi connectivity index (χ3v) is 4.34. The Hall–Kier alpha value is -2.14. The zero-order chi connectivity index (χ0) is 14.3. The molecule has 3 aromatic rings. The van der Waals surface area contributed by atoms with Gasteiger partial charge in [0.1, 0.15) is 0 Å². The number of hydrogen-bond acceptors (Lipinski definition) is 4. The number of carbonyl (C=O) groups excluding carboxylic acids is 1. The molecule has 0 amide bonds. The van der Waals surface area contributed by atoms with Gasteiger partial charge in [0.25, 0.3) is 0 Å². The van der Waals surface area contributed by atoms with Crippen LogP contribution in [0, 0.1) is 0 Å². The van der Waals surface area contributed by atoms with Crippen molar-refractivity contribution in [3.05, 3.63) is 56.2 Å². The molecule has 5 heteroatoms. The smallest absolute Gasteiger partial charge is 0.408 e. The Morgan fingerprint density at radius 2 is 2.15 bits per heavy atom. The Labute approximate surface area is 119 Å². The van der Waals surface area contributed by atoms with Crippen LogP contribution in [0.15, 0.2) is 38.9 Å². The highest BCUT2D eigenvalue weighted by Gasteiger charge is 2.16. The van der Waals surface area contributed by atoms with E-state index in [1.807, 2.05) is 18.4 Å². The second-order valence-electron chi connectivity index (χ2n) is 4.57. The molecule has 102 valence electrons. The molecule has 20 heavy (non-hydrogen) atoms. The molecule has 4 nitrogen and oxygen atoms in total. The summed E-state index contributed by atoms with van der Waals surface area (Å²) in [5.41, 5.74) is 2.73.